The van der Waals surface area contributed by atoms with Gasteiger partial charge in [0.25, 0.3) is 0 Å². The first-order valence-electron chi connectivity index (χ1n) is 2.96. The van der Waals surface area contributed by atoms with E-state index >= 15 is 0 Å². The Morgan fingerprint density at radius 2 is 2.45 bits per heavy atom. The predicted molar refractivity (Wildman–Crippen MR) is 47.1 cm³/mol. The quantitative estimate of drug-likeness (QED) is 0.510. The highest BCUT2D eigenvalue weighted by molar-refractivity contribution is 7.18. The fraction of sp³-hybridized carbons (Fsp3) is 0.125. The van der Waals surface area contributed by atoms with E-state index in [-0.39, 0.29) is 12.2 Å². The highest BCUT2D eigenvalue weighted by Crippen LogP contribution is 2.22. The van der Waals surface area contributed by atoms with E-state index in [4.69, 9.17) is 18.0 Å². The van der Waals surface area contributed by atoms with Crippen LogP contribution in [0.2, 0.25) is 4.34 Å². The van der Waals surface area contributed by atoms with Crippen LogP contribution in [0.1, 0.15) is 16.1 Å². The standard InChI is InChI=1S/C8H5ClOS/c1-2-3-6(10)7-4-5-8(9)11-7/h1,4-5H,3H2. The average molecular weight is 185 g/mol. The molecule has 11 heavy (non-hydrogen) atoms. The van der Waals surface area contributed by atoms with Crippen molar-refractivity contribution in [1.82, 2.24) is 0 Å². The Morgan fingerprint density at radius 3 is 2.91 bits per heavy atom. The summed E-state index contributed by atoms with van der Waals surface area (Å²) in [7, 11) is 0. The molecule has 1 heterocycles. The second-order valence-electron chi connectivity index (χ2n) is 1.91. The van der Waals surface area contributed by atoms with E-state index in [0.29, 0.717) is 9.21 Å². The second kappa shape index (κ2) is 3.56. The van der Waals surface area contributed by atoms with Gasteiger partial charge >= 0.3 is 0 Å². The van der Waals surface area contributed by atoms with Crippen molar-refractivity contribution >= 4 is 28.7 Å². The lowest BCUT2D eigenvalue weighted by molar-refractivity contribution is 0.100. The molecule has 3 heteroatoms. The average Bonchev–Trinajstić information content (AvgIpc) is 2.36. The highest BCUT2D eigenvalue weighted by Gasteiger charge is 2.05. The molecule has 0 N–H and O–H groups in total. The van der Waals surface area contributed by atoms with Gasteiger partial charge in [0, 0.05) is 0 Å². The first-order chi connectivity index (χ1) is 5.24. The number of hydrogen-bond acceptors (Lipinski definition) is 2. The van der Waals surface area contributed by atoms with Gasteiger partial charge in [-0.3, -0.25) is 4.79 Å². The molecule has 1 aromatic heterocycles. The molecule has 56 valence electrons. The molecule has 0 aliphatic carbocycles. The normalized spacial score (nSPS) is 9.09. The Balaban J connectivity index is 2.78. The Hall–Kier alpha value is -0.780. The Bertz CT molecular complexity index is 308. The summed E-state index contributed by atoms with van der Waals surface area (Å²) < 4.78 is 0.616. The molecule has 0 saturated heterocycles. The summed E-state index contributed by atoms with van der Waals surface area (Å²) in [6.07, 6.45) is 5.12. The minimum atomic E-state index is -0.0376. The van der Waals surface area contributed by atoms with Crippen LogP contribution in [0, 0.1) is 12.3 Å². The monoisotopic (exact) mass is 184 g/mol. The molecule has 1 aromatic rings. The number of Topliss-reactive ketones (excluding diaryl/α,β-unsaturated/α-hetero) is 1. The Labute approximate surface area is 74.0 Å². The smallest absolute Gasteiger partial charge is 0.184 e. The van der Waals surface area contributed by atoms with Crippen molar-refractivity contribution in [3.63, 3.8) is 0 Å². The van der Waals surface area contributed by atoms with Gasteiger partial charge in [0.1, 0.15) is 0 Å². The van der Waals surface area contributed by atoms with Crippen molar-refractivity contribution in [2.75, 3.05) is 0 Å². The third-order valence-corrected chi connectivity index (χ3v) is 2.38. The van der Waals surface area contributed by atoms with Crippen LogP contribution >= 0.6 is 22.9 Å². The van der Waals surface area contributed by atoms with E-state index in [2.05, 4.69) is 5.92 Å². The van der Waals surface area contributed by atoms with E-state index in [1.165, 1.54) is 11.3 Å². The van der Waals surface area contributed by atoms with Gasteiger partial charge in [0.05, 0.1) is 15.6 Å². The lowest BCUT2D eigenvalue weighted by Crippen LogP contribution is -1.91. The van der Waals surface area contributed by atoms with Crippen LogP contribution in [0.5, 0.6) is 0 Å². The molecular formula is C8H5ClOS. The van der Waals surface area contributed by atoms with Crippen LogP contribution in [0.3, 0.4) is 0 Å². The molecule has 0 atom stereocenters. The van der Waals surface area contributed by atoms with Crippen molar-refractivity contribution in [2.24, 2.45) is 0 Å². The maximum atomic E-state index is 11.1. The lowest BCUT2D eigenvalue weighted by atomic mass is 10.2. The first kappa shape index (κ1) is 8.32. The topological polar surface area (TPSA) is 17.1 Å². The molecule has 0 spiro atoms. The minimum absolute atomic E-state index is 0.0376. The molecule has 0 fully saturated rings. The number of ketones is 1. The van der Waals surface area contributed by atoms with Crippen molar-refractivity contribution < 1.29 is 4.79 Å². The van der Waals surface area contributed by atoms with Crippen molar-refractivity contribution in [1.29, 1.82) is 0 Å². The molecule has 0 radical (unpaired) electrons. The maximum Gasteiger partial charge on any atom is 0.184 e. The molecular weight excluding hydrogens is 180 g/mol. The first-order valence-corrected chi connectivity index (χ1v) is 4.15. The van der Waals surface area contributed by atoms with Crippen molar-refractivity contribution in [3.05, 3.63) is 21.3 Å². The summed E-state index contributed by atoms with van der Waals surface area (Å²) in [4.78, 5) is 11.7. The van der Waals surface area contributed by atoms with Gasteiger partial charge in [-0.05, 0) is 12.1 Å². The number of rotatable bonds is 2. The van der Waals surface area contributed by atoms with E-state index in [1.54, 1.807) is 12.1 Å². The number of halogens is 1. The summed E-state index contributed by atoms with van der Waals surface area (Å²) in [6.45, 7) is 0. The zero-order chi connectivity index (χ0) is 8.27. The molecule has 1 nitrogen and oxygen atoms in total. The summed E-state index contributed by atoms with van der Waals surface area (Å²) in [6, 6.07) is 3.38. The Morgan fingerprint density at radius 1 is 1.73 bits per heavy atom. The number of terminal acetylenes is 1. The fourth-order valence-electron chi connectivity index (χ4n) is 0.644. The van der Waals surface area contributed by atoms with Crippen LogP contribution in [0.25, 0.3) is 0 Å². The minimum Gasteiger partial charge on any atom is -0.292 e. The van der Waals surface area contributed by atoms with Crippen LogP contribution < -0.4 is 0 Å². The van der Waals surface area contributed by atoms with Crippen LogP contribution in [-0.4, -0.2) is 5.78 Å². The van der Waals surface area contributed by atoms with Gasteiger partial charge in [-0.25, -0.2) is 0 Å². The van der Waals surface area contributed by atoms with Gasteiger partial charge in [-0.1, -0.05) is 17.5 Å². The third-order valence-electron chi connectivity index (χ3n) is 1.11. The highest BCUT2D eigenvalue weighted by atomic mass is 35.5. The summed E-state index contributed by atoms with van der Waals surface area (Å²) in [5.41, 5.74) is 0. The fourth-order valence-corrected chi connectivity index (χ4v) is 1.62. The van der Waals surface area contributed by atoms with E-state index in [9.17, 15) is 4.79 Å². The maximum absolute atomic E-state index is 11.1. The van der Waals surface area contributed by atoms with Gasteiger partial charge in [0.2, 0.25) is 0 Å². The molecule has 0 unspecified atom stereocenters. The molecule has 0 amide bonds. The molecule has 0 aliphatic heterocycles. The molecule has 0 aromatic carbocycles. The van der Waals surface area contributed by atoms with E-state index in [1.807, 2.05) is 0 Å². The summed E-state index contributed by atoms with van der Waals surface area (Å²) in [5.74, 6) is 2.25. The molecule has 1 rings (SSSR count). The van der Waals surface area contributed by atoms with Gasteiger partial charge in [-0.15, -0.1) is 17.8 Å². The largest absolute Gasteiger partial charge is 0.292 e. The van der Waals surface area contributed by atoms with Gasteiger partial charge in [0.15, 0.2) is 5.78 Å². The third kappa shape index (κ3) is 2.07. The zero-order valence-corrected chi connectivity index (χ0v) is 7.21. The number of carbonyl (C=O) groups excluding carboxylic acids is 1. The zero-order valence-electron chi connectivity index (χ0n) is 5.63. The van der Waals surface area contributed by atoms with Gasteiger partial charge < -0.3 is 0 Å². The van der Waals surface area contributed by atoms with Crippen molar-refractivity contribution in [2.45, 2.75) is 6.42 Å². The van der Waals surface area contributed by atoms with E-state index < -0.39 is 0 Å². The van der Waals surface area contributed by atoms with Gasteiger partial charge in [-0.2, -0.15) is 0 Å². The SMILES string of the molecule is C#CCC(=O)c1ccc(Cl)s1. The summed E-state index contributed by atoms with van der Waals surface area (Å²) in [5, 5.41) is 0. The molecule has 0 aliphatic rings. The molecule has 0 saturated carbocycles. The second-order valence-corrected chi connectivity index (χ2v) is 3.62. The lowest BCUT2D eigenvalue weighted by Gasteiger charge is -1.86. The predicted octanol–water partition coefficient (Wildman–Crippen LogP) is 2.61. The van der Waals surface area contributed by atoms with Crippen LogP contribution in [0.15, 0.2) is 12.1 Å². The van der Waals surface area contributed by atoms with E-state index in [0.717, 1.165) is 0 Å². The van der Waals surface area contributed by atoms with Crippen molar-refractivity contribution in [3.8, 4) is 12.3 Å². The van der Waals surface area contributed by atoms with Crippen LogP contribution in [0.4, 0.5) is 0 Å². The number of carbonyl (C=O) groups is 1. The molecule has 0 bridgehead atoms. The summed E-state index contributed by atoms with van der Waals surface area (Å²) >= 11 is 6.88. The number of hydrogen-bond donors (Lipinski definition) is 0. The Kier molecular flexibility index (Phi) is 2.70. The number of thiophene rings is 1. The van der Waals surface area contributed by atoms with Crippen LogP contribution in [-0.2, 0) is 0 Å².